The van der Waals surface area contributed by atoms with Gasteiger partial charge >= 0.3 is 11.9 Å². The molecule has 4 nitrogen and oxygen atoms in total. The number of hydrogen-bond acceptors (Lipinski definition) is 4. The molecule has 3 atom stereocenters. The highest BCUT2D eigenvalue weighted by atomic mass is 35.5. The second kappa shape index (κ2) is 10.3. The summed E-state index contributed by atoms with van der Waals surface area (Å²) in [5.74, 6) is -0.657. The van der Waals surface area contributed by atoms with Crippen LogP contribution in [0, 0.1) is 0 Å². The van der Waals surface area contributed by atoms with Crippen LogP contribution in [0.15, 0.2) is 0 Å². The van der Waals surface area contributed by atoms with Crippen LogP contribution >= 0.6 is 23.2 Å². The molecule has 0 radical (unpaired) electrons. The Labute approximate surface area is 124 Å². The van der Waals surface area contributed by atoms with Gasteiger partial charge in [-0.15, -0.1) is 23.2 Å². The first kappa shape index (κ1) is 18.5. The lowest BCUT2D eigenvalue weighted by Gasteiger charge is -2.14. The number of halogens is 2. The summed E-state index contributed by atoms with van der Waals surface area (Å²) in [5.41, 5.74) is 0. The number of ether oxygens (including phenoxy) is 2. The third-order valence-electron chi connectivity index (χ3n) is 2.30. The number of carbonyl (C=O) groups excluding carboxylic acids is 2. The third-order valence-corrected chi connectivity index (χ3v) is 2.74. The maximum atomic E-state index is 11.4. The molecule has 0 bridgehead atoms. The summed E-state index contributed by atoms with van der Waals surface area (Å²) in [6, 6.07) is 0. The maximum absolute atomic E-state index is 11.4. The Balaban J connectivity index is 3.71. The van der Waals surface area contributed by atoms with Gasteiger partial charge in [0.15, 0.2) is 0 Å². The van der Waals surface area contributed by atoms with Crippen LogP contribution in [0.2, 0.25) is 0 Å². The molecule has 3 unspecified atom stereocenters. The van der Waals surface area contributed by atoms with Gasteiger partial charge in [0.25, 0.3) is 0 Å². The minimum Gasteiger partial charge on any atom is -0.462 e. The highest BCUT2D eigenvalue weighted by Gasteiger charge is 2.13. The summed E-state index contributed by atoms with van der Waals surface area (Å²) >= 11 is 11.5. The average molecular weight is 313 g/mol. The van der Waals surface area contributed by atoms with E-state index in [1.165, 1.54) is 0 Å². The largest absolute Gasteiger partial charge is 0.462 e. The SMILES string of the molecule is CC(Cl)CCC(=O)OCC(C)OC(=O)CCC(C)Cl. The Morgan fingerprint density at radius 1 is 0.947 bits per heavy atom. The van der Waals surface area contributed by atoms with Crippen molar-refractivity contribution in [1.82, 2.24) is 0 Å². The first-order chi connectivity index (χ1) is 8.81. The van der Waals surface area contributed by atoms with Crippen molar-refractivity contribution < 1.29 is 19.1 Å². The Morgan fingerprint density at radius 2 is 1.42 bits per heavy atom. The number of hydrogen-bond donors (Lipinski definition) is 0. The van der Waals surface area contributed by atoms with Crippen molar-refractivity contribution in [3.63, 3.8) is 0 Å². The molecule has 112 valence electrons. The van der Waals surface area contributed by atoms with Gasteiger partial charge in [0.2, 0.25) is 0 Å². The molecule has 0 aromatic heterocycles. The van der Waals surface area contributed by atoms with Gasteiger partial charge in [-0.05, 0) is 33.6 Å². The van der Waals surface area contributed by atoms with Crippen molar-refractivity contribution in [3.05, 3.63) is 0 Å². The van der Waals surface area contributed by atoms with Gasteiger partial charge < -0.3 is 9.47 Å². The van der Waals surface area contributed by atoms with Crippen LogP contribution in [0.3, 0.4) is 0 Å². The van der Waals surface area contributed by atoms with Crippen molar-refractivity contribution in [1.29, 1.82) is 0 Å². The predicted molar refractivity (Wildman–Crippen MR) is 75.6 cm³/mol. The molecule has 0 aliphatic heterocycles. The molecule has 0 aliphatic rings. The van der Waals surface area contributed by atoms with Crippen LogP contribution in [0.4, 0.5) is 0 Å². The van der Waals surface area contributed by atoms with Gasteiger partial charge in [-0.2, -0.15) is 0 Å². The van der Waals surface area contributed by atoms with E-state index in [9.17, 15) is 9.59 Å². The molecule has 0 aliphatic carbocycles. The molecular weight excluding hydrogens is 291 g/mol. The third kappa shape index (κ3) is 12.3. The van der Waals surface area contributed by atoms with Crippen molar-refractivity contribution in [3.8, 4) is 0 Å². The second-order valence-electron chi connectivity index (χ2n) is 4.62. The summed E-state index contributed by atoms with van der Waals surface area (Å²) in [7, 11) is 0. The summed E-state index contributed by atoms with van der Waals surface area (Å²) in [4.78, 5) is 22.7. The van der Waals surface area contributed by atoms with E-state index in [0.29, 0.717) is 12.8 Å². The molecule has 0 saturated heterocycles. The molecule has 0 aromatic carbocycles. The minimum absolute atomic E-state index is 0.0552. The lowest BCUT2D eigenvalue weighted by molar-refractivity contribution is -0.158. The topological polar surface area (TPSA) is 52.6 Å². The fraction of sp³-hybridized carbons (Fsp3) is 0.846. The zero-order chi connectivity index (χ0) is 14.8. The van der Waals surface area contributed by atoms with E-state index in [4.69, 9.17) is 32.7 Å². The molecule has 0 heterocycles. The normalized spacial score (nSPS) is 15.4. The van der Waals surface area contributed by atoms with Crippen molar-refractivity contribution in [2.24, 2.45) is 0 Å². The lowest BCUT2D eigenvalue weighted by Crippen LogP contribution is -2.22. The van der Waals surface area contributed by atoms with E-state index in [1.54, 1.807) is 6.92 Å². The van der Waals surface area contributed by atoms with Crippen LogP contribution in [0.1, 0.15) is 46.5 Å². The first-order valence-electron chi connectivity index (χ1n) is 6.44. The summed E-state index contributed by atoms with van der Waals surface area (Å²) in [5, 5.41) is -0.112. The van der Waals surface area contributed by atoms with Crippen LogP contribution in [0.25, 0.3) is 0 Å². The second-order valence-corrected chi connectivity index (χ2v) is 6.11. The molecule has 19 heavy (non-hydrogen) atoms. The van der Waals surface area contributed by atoms with Crippen LogP contribution in [-0.2, 0) is 19.1 Å². The minimum atomic E-state index is -0.449. The van der Waals surface area contributed by atoms with Crippen LogP contribution in [0.5, 0.6) is 0 Å². The molecular formula is C13H22Cl2O4. The van der Waals surface area contributed by atoms with Gasteiger partial charge in [0, 0.05) is 23.6 Å². The number of carbonyl (C=O) groups is 2. The molecule has 0 N–H and O–H groups in total. The Morgan fingerprint density at radius 3 is 1.89 bits per heavy atom. The summed E-state index contributed by atoms with van der Waals surface area (Å²) < 4.78 is 10.1. The van der Waals surface area contributed by atoms with E-state index in [1.807, 2.05) is 13.8 Å². The van der Waals surface area contributed by atoms with Gasteiger partial charge in [-0.3, -0.25) is 9.59 Å². The van der Waals surface area contributed by atoms with Gasteiger partial charge in [-0.25, -0.2) is 0 Å². The first-order valence-corrected chi connectivity index (χ1v) is 7.31. The fourth-order valence-electron chi connectivity index (χ4n) is 1.23. The van der Waals surface area contributed by atoms with Crippen molar-refractivity contribution in [2.75, 3.05) is 6.61 Å². The average Bonchev–Trinajstić information content (AvgIpc) is 2.31. The zero-order valence-corrected chi connectivity index (χ0v) is 13.2. The molecule has 0 fully saturated rings. The van der Waals surface area contributed by atoms with E-state index in [2.05, 4.69) is 0 Å². The Kier molecular flexibility index (Phi) is 10.1. The van der Waals surface area contributed by atoms with E-state index in [-0.39, 0.29) is 42.1 Å². The number of rotatable bonds is 9. The number of alkyl halides is 2. The Bertz CT molecular complexity index is 280. The maximum Gasteiger partial charge on any atom is 0.306 e. The van der Waals surface area contributed by atoms with Crippen LogP contribution in [-0.4, -0.2) is 35.4 Å². The van der Waals surface area contributed by atoms with E-state index < -0.39 is 6.10 Å². The molecule has 0 rings (SSSR count). The van der Waals surface area contributed by atoms with Gasteiger partial charge in [0.05, 0.1) is 0 Å². The monoisotopic (exact) mass is 312 g/mol. The quantitative estimate of drug-likeness (QED) is 0.484. The summed E-state index contributed by atoms with van der Waals surface area (Å²) in [6.07, 6.45) is 1.24. The highest BCUT2D eigenvalue weighted by Crippen LogP contribution is 2.07. The fourth-order valence-corrected chi connectivity index (χ4v) is 1.45. The van der Waals surface area contributed by atoms with Gasteiger partial charge in [-0.1, -0.05) is 0 Å². The predicted octanol–water partition coefficient (Wildman–Crippen LogP) is 3.28. The summed E-state index contributed by atoms with van der Waals surface area (Å²) in [6.45, 7) is 5.38. The standard InChI is InChI=1S/C13H22Cl2O4/c1-9(14)4-6-12(16)18-8-11(3)19-13(17)7-5-10(2)15/h9-11H,4-8H2,1-3H3. The molecule has 0 saturated carbocycles. The Hall–Kier alpha value is -0.480. The molecule has 0 spiro atoms. The zero-order valence-electron chi connectivity index (χ0n) is 11.7. The lowest BCUT2D eigenvalue weighted by atomic mass is 10.2. The molecule has 0 amide bonds. The number of esters is 2. The van der Waals surface area contributed by atoms with Crippen molar-refractivity contribution >= 4 is 35.1 Å². The van der Waals surface area contributed by atoms with Crippen molar-refractivity contribution in [2.45, 2.75) is 63.3 Å². The molecule has 0 aromatic rings. The van der Waals surface area contributed by atoms with E-state index in [0.717, 1.165) is 0 Å². The van der Waals surface area contributed by atoms with E-state index >= 15 is 0 Å². The highest BCUT2D eigenvalue weighted by molar-refractivity contribution is 6.20. The smallest absolute Gasteiger partial charge is 0.306 e. The van der Waals surface area contributed by atoms with Crippen LogP contribution < -0.4 is 0 Å². The van der Waals surface area contributed by atoms with Gasteiger partial charge in [0.1, 0.15) is 12.7 Å². The molecule has 6 heteroatoms.